The number of nitrogens with zero attached hydrogens (tertiary/aromatic N) is 2. The summed E-state index contributed by atoms with van der Waals surface area (Å²) in [5.74, 6) is 0.318. The van der Waals surface area contributed by atoms with Gasteiger partial charge >= 0.3 is 0 Å². The molecule has 0 atom stereocenters. The third-order valence-corrected chi connectivity index (χ3v) is 3.86. The van der Waals surface area contributed by atoms with E-state index in [-0.39, 0.29) is 5.82 Å². The zero-order valence-electron chi connectivity index (χ0n) is 10.3. The molecule has 0 saturated carbocycles. The molecule has 0 bridgehead atoms. The van der Waals surface area contributed by atoms with Gasteiger partial charge in [-0.3, -0.25) is 4.68 Å². The van der Waals surface area contributed by atoms with E-state index in [1.165, 1.54) is 12.1 Å². The highest BCUT2D eigenvalue weighted by atomic mass is 32.1. The molecule has 0 saturated heterocycles. The number of rotatable bonds is 2. The molecule has 2 heterocycles. The summed E-state index contributed by atoms with van der Waals surface area (Å²) in [4.78, 5) is 1.05. The monoisotopic (exact) mass is 273 g/mol. The highest BCUT2D eigenvalue weighted by molar-refractivity contribution is 7.13. The van der Waals surface area contributed by atoms with Crippen LogP contribution in [0.2, 0.25) is 0 Å². The molecule has 3 aromatic rings. The van der Waals surface area contributed by atoms with Crippen LogP contribution < -0.4 is 5.73 Å². The number of nitrogens with two attached hydrogens (primary N) is 1. The second-order valence-corrected chi connectivity index (χ2v) is 5.16. The van der Waals surface area contributed by atoms with Crippen LogP contribution in [-0.4, -0.2) is 9.78 Å². The number of aryl methyl sites for hydroxylation is 1. The van der Waals surface area contributed by atoms with E-state index in [2.05, 4.69) is 5.10 Å². The van der Waals surface area contributed by atoms with Gasteiger partial charge in [0.2, 0.25) is 0 Å². The van der Waals surface area contributed by atoms with Crippen LogP contribution in [0.5, 0.6) is 0 Å². The second-order valence-electron chi connectivity index (χ2n) is 4.22. The Morgan fingerprint density at radius 3 is 2.58 bits per heavy atom. The van der Waals surface area contributed by atoms with Crippen LogP contribution >= 0.6 is 11.3 Å². The van der Waals surface area contributed by atoms with E-state index < -0.39 is 0 Å². The van der Waals surface area contributed by atoms with E-state index in [0.29, 0.717) is 5.82 Å². The molecule has 3 rings (SSSR count). The van der Waals surface area contributed by atoms with Gasteiger partial charge in [0.15, 0.2) is 0 Å². The number of aromatic nitrogens is 2. The lowest BCUT2D eigenvalue weighted by molar-refractivity contribution is 0.628. The number of halogens is 1. The van der Waals surface area contributed by atoms with Gasteiger partial charge in [-0.05, 0) is 29.1 Å². The molecule has 0 radical (unpaired) electrons. The highest BCUT2D eigenvalue weighted by Crippen LogP contribution is 2.37. The summed E-state index contributed by atoms with van der Waals surface area (Å²) in [6.07, 6.45) is 0. The van der Waals surface area contributed by atoms with Crippen molar-refractivity contribution in [3.8, 4) is 21.7 Å². The SMILES string of the molecule is Cn1nc(-c2cccs2)c(-c2ccc(F)cc2)c1N. The van der Waals surface area contributed by atoms with Gasteiger partial charge in [0, 0.05) is 7.05 Å². The van der Waals surface area contributed by atoms with E-state index in [9.17, 15) is 4.39 Å². The largest absolute Gasteiger partial charge is 0.383 e. The smallest absolute Gasteiger partial charge is 0.129 e. The molecule has 19 heavy (non-hydrogen) atoms. The van der Waals surface area contributed by atoms with Gasteiger partial charge in [-0.25, -0.2) is 4.39 Å². The van der Waals surface area contributed by atoms with Crippen molar-refractivity contribution < 1.29 is 4.39 Å². The predicted octanol–water partition coefficient (Wildman–Crippen LogP) is 3.54. The summed E-state index contributed by atoms with van der Waals surface area (Å²) in [6, 6.07) is 10.3. The first-order valence-corrected chi connectivity index (χ1v) is 6.67. The molecule has 0 unspecified atom stereocenters. The summed E-state index contributed by atoms with van der Waals surface area (Å²) in [5, 5.41) is 6.45. The lowest BCUT2D eigenvalue weighted by atomic mass is 10.0. The molecular formula is C14H12FN3S. The topological polar surface area (TPSA) is 43.8 Å². The number of thiophene rings is 1. The van der Waals surface area contributed by atoms with Crippen LogP contribution in [0, 0.1) is 5.82 Å². The summed E-state index contributed by atoms with van der Waals surface area (Å²) >= 11 is 1.60. The minimum Gasteiger partial charge on any atom is -0.383 e. The first-order chi connectivity index (χ1) is 9.16. The lowest BCUT2D eigenvalue weighted by Gasteiger charge is -2.03. The Hall–Kier alpha value is -2.14. The van der Waals surface area contributed by atoms with Crippen molar-refractivity contribution in [1.82, 2.24) is 9.78 Å². The molecule has 96 valence electrons. The number of anilines is 1. The van der Waals surface area contributed by atoms with E-state index >= 15 is 0 Å². The Balaban J connectivity index is 2.22. The molecule has 0 aliphatic rings. The second kappa shape index (κ2) is 4.51. The Labute approximate surface area is 114 Å². The first-order valence-electron chi connectivity index (χ1n) is 5.79. The van der Waals surface area contributed by atoms with E-state index in [1.54, 1.807) is 35.2 Å². The van der Waals surface area contributed by atoms with Gasteiger partial charge in [-0.1, -0.05) is 18.2 Å². The van der Waals surface area contributed by atoms with Crippen molar-refractivity contribution in [2.45, 2.75) is 0 Å². The fourth-order valence-electron chi connectivity index (χ4n) is 2.02. The maximum atomic E-state index is 13.0. The van der Waals surface area contributed by atoms with Crippen molar-refractivity contribution in [3.63, 3.8) is 0 Å². The average Bonchev–Trinajstić information content (AvgIpc) is 3.01. The van der Waals surface area contributed by atoms with Gasteiger partial charge in [-0.2, -0.15) is 5.10 Å². The normalized spacial score (nSPS) is 10.8. The molecular weight excluding hydrogens is 261 g/mol. The minimum atomic E-state index is -0.260. The third-order valence-electron chi connectivity index (χ3n) is 2.98. The molecule has 0 spiro atoms. The van der Waals surface area contributed by atoms with Crippen LogP contribution in [-0.2, 0) is 7.05 Å². The Kier molecular flexibility index (Phi) is 2.83. The Bertz CT molecular complexity index is 699. The summed E-state index contributed by atoms with van der Waals surface area (Å²) < 4.78 is 14.7. The minimum absolute atomic E-state index is 0.260. The van der Waals surface area contributed by atoms with Crippen LogP contribution in [0.25, 0.3) is 21.7 Å². The molecule has 5 heteroatoms. The molecule has 0 aliphatic carbocycles. The molecule has 3 nitrogen and oxygen atoms in total. The quantitative estimate of drug-likeness (QED) is 0.776. The molecule has 2 aromatic heterocycles. The standard InChI is InChI=1S/C14H12FN3S/c1-18-14(16)12(9-4-6-10(15)7-5-9)13(17-18)11-3-2-8-19-11/h2-8H,16H2,1H3. The number of benzene rings is 1. The van der Waals surface area contributed by atoms with Gasteiger partial charge in [0.1, 0.15) is 17.3 Å². The summed E-state index contributed by atoms with van der Waals surface area (Å²) in [7, 11) is 1.81. The third kappa shape index (κ3) is 2.02. The van der Waals surface area contributed by atoms with Crippen molar-refractivity contribution in [2.24, 2.45) is 7.05 Å². The predicted molar refractivity (Wildman–Crippen MR) is 76.3 cm³/mol. The van der Waals surface area contributed by atoms with Crippen molar-refractivity contribution >= 4 is 17.2 Å². The van der Waals surface area contributed by atoms with Crippen LogP contribution in [0.15, 0.2) is 41.8 Å². The Morgan fingerprint density at radius 2 is 1.95 bits per heavy atom. The van der Waals surface area contributed by atoms with Gasteiger partial charge in [0.25, 0.3) is 0 Å². The van der Waals surface area contributed by atoms with E-state index in [0.717, 1.165) is 21.7 Å². The zero-order valence-corrected chi connectivity index (χ0v) is 11.1. The van der Waals surface area contributed by atoms with Crippen molar-refractivity contribution in [3.05, 3.63) is 47.6 Å². The average molecular weight is 273 g/mol. The highest BCUT2D eigenvalue weighted by Gasteiger charge is 2.17. The van der Waals surface area contributed by atoms with Crippen LogP contribution in [0.3, 0.4) is 0 Å². The maximum Gasteiger partial charge on any atom is 0.129 e. The Morgan fingerprint density at radius 1 is 1.21 bits per heavy atom. The molecule has 0 aliphatic heterocycles. The molecule has 1 aromatic carbocycles. The van der Waals surface area contributed by atoms with Crippen LogP contribution in [0.4, 0.5) is 10.2 Å². The summed E-state index contributed by atoms with van der Waals surface area (Å²) in [5.41, 5.74) is 8.65. The molecule has 0 fully saturated rings. The number of hydrogen-bond acceptors (Lipinski definition) is 3. The van der Waals surface area contributed by atoms with Crippen molar-refractivity contribution in [1.29, 1.82) is 0 Å². The first kappa shape index (κ1) is 11.9. The van der Waals surface area contributed by atoms with E-state index in [1.807, 2.05) is 17.5 Å². The van der Waals surface area contributed by atoms with Gasteiger partial charge in [-0.15, -0.1) is 11.3 Å². The van der Waals surface area contributed by atoms with Gasteiger partial charge < -0.3 is 5.73 Å². The summed E-state index contributed by atoms with van der Waals surface area (Å²) in [6.45, 7) is 0. The molecule has 0 amide bonds. The van der Waals surface area contributed by atoms with E-state index in [4.69, 9.17) is 5.73 Å². The fourth-order valence-corrected chi connectivity index (χ4v) is 2.74. The zero-order chi connectivity index (χ0) is 13.4. The lowest BCUT2D eigenvalue weighted by Crippen LogP contribution is -1.97. The number of nitrogen functional groups attached to an aromatic ring is 1. The maximum absolute atomic E-state index is 13.0. The molecule has 2 N–H and O–H groups in total. The van der Waals surface area contributed by atoms with Crippen molar-refractivity contribution in [2.75, 3.05) is 5.73 Å². The van der Waals surface area contributed by atoms with Crippen LogP contribution in [0.1, 0.15) is 0 Å². The fraction of sp³-hybridized carbons (Fsp3) is 0.0714. The number of hydrogen-bond donors (Lipinski definition) is 1. The van der Waals surface area contributed by atoms with Gasteiger partial charge in [0.05, 0.1) is 10.4 Å².